The summed E-state index contributed by atoms with van der Waals surface area (Å²) in [5, 5.41) is 9.92. The fourth-order valence-electron chi connectivity index (χ4n) is 3.95. The molecular weight excluding hydrogens is 393 g/mol. The molecule has 8 heteroatoms. The zero-order valence-electron chi connectivity index (χ0n) is 16.3. The SMILES string of the molecule is Cn1nccc1-c1cc(F)c(C(=O)N[C@@H]2CNCC[C@H]2c2ccc(F)cc2)c(F)c1. The summed E-state index contributed by atoms with van der Waals surface area (Å²) in [5.41, 5.74) is 1.08. The Hall–Kier alpha value is -3.13. The van der Waals surface area contributed by atoms with Crippen molar-refractivity contribution >= 4 is 5.91 Å². The number of aromatic nitrogens is 2. The summed E-state index contributed by atoms with van der Waals surface area (Å²) in [7, 11) is 1.66. The maximum Gasteiger partial charge on any atom is 0.257 e. The molecule has 30 heavy (non-hydrogen) atoms. The molecule has 0 saturated carbocycles. The number of carbonyl (C=O) groups excluding carboxylic acids is 1. The number of amides is 1. The largest absolute Gasteiger partial charge is 0.347 e. The Morgan fingerprint density at radius 3 is 2.47 bits per heavy atom. The van der Waals surface area contributed by atoms with Gasteiger partial charge in [-0.15, -0.1) is 0 Å². The van der Waals surface area contributed by atoms with E-state index in [1.165, 1.54) is 23.0 Å². The van der Waals surface area contributed by atoms with E-state index in [4.69, 9.17) is 0 Å². The Balaban J connectivity index is 1.58. The average molecular weight is 414 g/mol. The van der Waals surface area contributed by atoms with E-state index in [1.807, 2.05) is 0 Å². The van der Waals surface area contributed by atoms with Crippen LogP contribution in [-0.2, 0) is 7.05 Å². The van der Waals surface area contributed by atoms with Crippen LogP contribution in [0.5, 0.6) is 0 Å². The first-order valence-electron chi connectivity index (χ1n) is 9.68. The van der Waals surface area contributed by atoms with Gasteiger partial charge in [0.1, 0.15) is 23.0 Å². The van der Waals surface area contributed by atoms with Crippen molar-refractivity contribution in [3.8, 4) is 11.3 Å². The van der Waals surface area contributed by atoms with E-state index in [0.29, 0.717) is 24.2 Å². The average Bonchev–Trinajstić information content (AvgIpc) is 3.14. The van der Waals surface area contributed by atoms with Gasteiger partial charge in [-0.2, -0.15) is 5.10 Å². The van der Waals surface area contributed by atoms with Gasteiger partial charge in [-0.1, -0.05) is 12.1 Å². The van der Waals surface area contributed by atoms with Gasteiger partial charge in [-0.25, -0.2) is 13.2 Å². The van der Waals surface area contributed by atoms with Crippen molar-refractivity contribution in [2.75, 3.05) is 13.1 Å². The van der Waals surface area contributed by atoms with Crippen LogP contribution in [0.4, 0.5) is 13.2 Å². The molecule has 0 aliphatic carbocycles. The fraction of sp³-hybridized carbons (Fsp3) is 0.273. The quantitative estimate of drug-likeness (QED) is 0.688. The van der Waals surface area contributed by atoms with E-state index >= 15 is 0 Å². The molecule has 1 aromatic heterocycles. The van der Waals surface area contributed by atoms with E-state index in [0.717, 1.165) is 24.2 Å². The molecule has 2 heterocycles. The smallest absolute Gasteiger partial charge is 0.257 e. The number of benzene rings is 2. The van der Waals surface area contributed by atoms with Crippen molar-refractivity contribution in [3.63, 3.8) is 0 Å². The molecule has 5 nitrogen and oxygen atoms in total. The molecule has 0 radical (unpaired) electrons. The maximum atomic E-state index is 14.7. The molecule has 1 saturated heterocycles. The lowest BCUT2D eigenvalue weighted by molar-refractivity contribution is 0.0916. The molecule has 0 unspecified atom stereocenters. The molecular formula is C22H21F3N4O. The predicted molar refractivity (Wildman–Crippen MR) is 106 cm³/mol. The molecule has 1 amide bonds. The topological polar surface area (TPSA) is 59.0 Å². The highest BCUT2D eigenvalue weighted by Gasteiger charge is 2.30. The highest BCUT2D eigenvalue weighted by Crippen LogP contribution is 2.28. The molecule has 0 spiro atoms. The van der Waals surface area contributed by atoms with Crippen molar-refractivity contribution < 1.29 is 18.0 Å². The van der Waals surface area contributed by atoms with Crippen molar-refractivity contribution in [1.29, 1.82) is 0 Å². The Morgan fingerprint density at radius 2 is 1.83 bits per heavy atom. The fourth-order valence-corrected chi connectivity index (χ4v) is 3.95. The molecule has 2 N–H and O–H groups in total. The first-order valence-corrected chi connectivity index (χ1v) is 9.68. The van der Waals surface area contributed by atoms with Gasteiger partial charge >= 0.3 is 0 Å². The van der Waals surface area contributed by atoms with Crippen LogP contribution in [0.15, 0.2) is 48.7 Å². The van der Waals surface area contributed by atoms with Crippen LogP contribution < -0.4 is 10.6 Å². The van der Waals surface area contributed by atoms with E-state index in [2.05, 4.69) is 15.7 Å². The molecule has 1 aliphatic rings. The number of nitrogens with one attached hydrogen (secondary N) is 2. The third-order valence-corrected chi connectivity index (χ3v) is 5.48. The number of piperidine rings is 1. The standard InChI is InChI=1S/C22H21F3N4O/c1-29-20(7-9-27-29)14-10-17(24)21(18(25)11-14)22(30)28-19-12-26-8-6-16(19)13-2-4-15(23)5-3-13/h2-5,7,9-11,16,19,26H,6,8,12H2,1H3,(H,28,30)/t16-,19+/m0/s1. The second-order valence-corrected chi connectivity index (χ2v) is 7.39. The molecule has 2 atom stereocenters. The Bertz CT molecular complexity index is 1040. The lowest BCUT2D eigenvalue weighted by atomic mass is 9.86. The van der Waals surface area contributed by atoms with Gasteiger partial charge in [0.15, 0.2) is 0 Å². The minimum atomic E-state index is -0.939. The second-order valence-electron chi connectivity index (χ2n) is 7.39. The zero-order valence-corrected chi connectivity index (χ0v) is 16.3. The third-order valence-electron chi connectivity index (χ3n) is 5.48. The van der Waals surface area contributed by atoms with Gasteiger partial charge in [0.25, 0.3) is 5.91 Å². The molecule has 1 fully saturated rings. The van der Waals surface area contributed by atoms with Crippen LogP contribution >= 0.6 is 0 Å². The summed E-state index contributed by atoms with van der Waals surface area (Å²) in [5.74, 6) is -3.12. The number of nitrogens with zero attached hydrogens (tertiary/aromatic N) is 2. The Morgan fingerprint density at radius 1 is 1.13 bits per heavy atom. The predicted octanol–water partition coefficient (Wildman–Crippen LogP) is 3.38. The van der Waals surface area contributed by atoms with Gasteiger partial charge in [-0.3, -0.25) is 9.48 Å². The Kier molecular flexibility index (Phi) is 5.59. The third kappa shape index (κ3) is 3.95. The van der Waals surface area contributed by atoms with E-state index in [-0.39, 0.29) is 17.8 Å². The van der Waals surface area contributed by atoms with Crippen LogP contribution in [0, 0.1) is 17.5 Å². The first kappa shape index (κ1) is 20.2. The summed E-state index contributed by atoms with van der Waals surface area (Å²) < 4.78 is 44.2. The zero-order chi connectivity index (χ0) is 21.3. The summed E-state index contributed by atoms with van der Waals surface area (Å²) >= 11 is 0. The van der Waals surface area contributed by atoms with Crippen molar-refractivity contribution in [3.05, 3.63) is 77.2 Å². The van der Waals surface area contributed by atoms with Gasteiger partial charge in [0.05, 0.1) is 5.69 Å². The molecule has 4 rings (SSSR count). The Labute approximate surface area is 171 Å². The normalized spacial score (nSPS) is 18.9. The lowest BCUT2D eigenvalue weighted by Crippen LogP contribution is -2.50. The van der Waals surface area contributed by atoms with E-state index in [1.54, 1.807) is 25.2 Å². The number of hydrogen-bond acceptors (Lipinski definition) is 3. The summed E-state index contributed by atoms with van der Waals surface area (Å²) in [6.45, 7) is 1.18. The molecule has 3 aromatic rings. The van der Waals surface area contributed by atoms with Crippen LogP contribution in [0.25, 0.3) is 11.3 Å². The highest BCUT2D eigenvalue weighted by molar-refractivity contribution is 5.95. The van der Waals surface area contributed by atoms with Crippen LogP contribution in [0.2, 0.25) is 0 Å². The van der Waals surface area contributed by atoms with Gasteiger partial charge in [-0.05, 0) is 48.9 Å². The minimum absolute atomic E-state index is 0.0874. The molecule has 2 aromatic carbocycles. The summed E-state index contributed by atoms with van der Waals surface area (Å²) in [6.07, 6.45) is 2.23. The van der Waals surface area contributed by atoms with Crippen LogP contribution in [0.1, 0.15) is 28.3 Å². The van der Waals surface area contributed by atoms with Crippen molar-refractivity contribution in [2.24, 2.45) is 7.05 Å². The second kappa shape index (κ2) is 8.31. The molecule has 156 valence electrons. The molecule has 0 bridgehead atoms. The number of halogens is 3. The van der Waals surface area contributed by atoms with Gasteiger partial charge < -0.3 is 10.6 Å². The van der Waals surface area contributed by atoms with Crippen LogP contribution in [0.3, 0.4) is 0 Å². The van der Waals surface area contributed by atoms with Crippen LogP contribution in [-0.4, -0.2) is 34.8 Å². The van der Waals surface area contributed by atoms with Crippen molar-refractivity contribution in [2.45, 2.75) is 18.4 Å². The maximum absolute atomic E-state index is 14.7. The summed E-state index contributed by atoms with van der Waals surface area (Å²) in [6, 6.07) is 9.60. The number of hydrogen-bond donors (Lipinski definition) is 2. The highest BCUT2D eigenvalue weighted by atomic mass is 19.1. The van der Waals surface area contributed by atoms with E-state index < -0.39 is 23.1 Å². The lowest BCUT2D eigenvalue weighted by Gasteiger charge is -2.33. The molecule has 1 aliphatic heterocycles. The summed E-state index contributed by atoms with van der Waals surface area (Å²) in [4.78, 5) is 12.8. The minimum Gasteiger partial charge on any atom is -0.347 e. The first-order chi connectivity index (χ1) is 14.4. The monoisotopic (exact) mass is 414 g/mol. The van der Waals surface area contributed by atoms with Gasteiger partial charge in [0.2, 0.25) is 0 Å². The van der Waals surface area contributed by atoms with Crippen molar-refractivity contribution in [1.82, 2.24) is 20.4 Å². The number of rotatable bonds is 4. The number of carbonyl (C=O) groups is 1. The van der Waals surface area contributed by atoms with E-state index in [9.17, 15) is 18.0 Å². The number of aryl methyl sites for hydroxylation is 1. The van der Waals surface area contributed by atoms with Gasteiger partial charge in [0, 0.05) is 37.3 Å².